The third-order valence-electron chi connectivity index (χ3n) is 7.74. The Kier molecular flexibility index (Phi) is 7.28. The van der Waals surface area contributed by atoms with Gasteiger partial charge in [-0.2, -0.15) is 0 Å². The van der Waals surface area contributed by atoms with Gasteiger partial charge in [-0.3, -0.25) is 4.79 Å². The number of amides is 1. The summed E-state index contributed by atoms with van der Waals surface area (Å²) in [7, 11) is -3.88. The lowest BCUT2D eigenvalue weighted by atomic mass is 9.76. The van der Waals surface area contributed by atoms with Crippen LogP contribution in [-0.2, 0) is 16.3 Å². The third kappa shape index (κ3) is 4.98. The number of anilines is 1. The first-order valence-corrected chi connectivity index (χ1v) is 13.9. The standard InChI is InChI=1S/C26H30ClF2NO4S/c1-3-4-5-15-10-21(27)24(14-20(15)25(31)30-18-8-9-22(28)23(29)13-18)35(33,34)19-11-16-6-7-17(12-19)26(16,2)32/h8-10,13-14,16-17,19,32H,3-7,11-12H2,1-2H3,(H,30,31)/t16-,17?,19-,26+/m1/s1. The molecule has 2 saturated carbocycles. The normalized spacial score (nSPS) is 26.1. The van der Waals surface area contributed by atoms with Crippen molar-refractivity contribution in [2.75, 3.05) is 5.32 Å². The monoisotopic (exact) mass is 525 g/mol. The molecule has 1 unspecified atom stereocenters. The second-order valence-electron chi connectivity index (χ2n) is 9.96. The molecule has 0 spiro atoms. The van der Waals surface area contributed by atoms with Crippen LogP contribution in [0.3, 0.4) is 0 Å². The molecular weight excluding hydrogens is 496 g/mol. The van der Waals surface area contributed by atoms with Crippen molar-refractivity contribution >= 4 is 33.0 Å². The highest BCUT2D eigenvalue weighted by Crippen LogP contribution is 2.51. The zero-order valence-electron chi connectivity index (χ0n) is 19.8. The molecule has 4 rings (SSSR count). The minimum Gasteiger partial charge on any atom is -0.390 e. The molecule has 2 aromatic carbocycles. The molecule has 4 atom stereocenters. The summed E-state index contributed by atoms with van der Waals surface area (Å²) in [5.41, 5.74) is -0.0878. The lowest BCUT2D eigenvalue weighted by Gasteiger charge is -2.40. The number of unbranched alkanes of at least 4 members (excludes halogenated alkanes) is 1. The quantitative estimate of drug-likeness (QED) is 0.469. The molecule has 2 bridgehead atoms. The van der Waals surface area contributed by atoms with Crippen LogP contribution in [0, 0.1) is 23.5 Å². The first-order valence-electron chi connectivity index (χ1n) is 12.0. The zero-order valence-corrected chi connectivity index (χ0v) is 21.4. The number of carbonyl (C=O) groups excluding carboxylic acids is 1. The molecule has 2 fully saturated rings. The van der Waals surface area contributed by atoms with Crippen LogP contribution in [0.25, 0.3) is 0 Å². The summed E-state index contributed by atoms with van der Waals surface area (Å²) in [6, 6.07) is 5.85. The molecule has 0 aliphatic heterocycles. The Morgan fingerprint density at radius 2 is 1.80 bits per heavy atom. The molecule has 9 heteroatoms. The van der Waals surface area contributed by atoms with Crippen molar-refractivity contribution in [1.29, 1.82) is 0 Å². The molecule has 0 heterocycles. The van der Waals surface area contributed by atoms with Crippen molar-refractivity contribution in [3.05, 3.63) is 58.1 Å². The van der Waals surface area contributed by atoms with E-state index in [-0.39, 0.29) is 33.0 Å². The van der Waals surface area contributed by atoms with Crippen LogP contribution in [0.1, 0.15) is 68.3 Å². The van der Waals surface area contributed by atoms with E-state index in [0.717, 1.165) is 37.8 Å². The first kappa shape index (κ1) is 26.0. The number of carbonyl (C=O) groups is 1. The summed E-state index contributed by atoms with van der Waals surface area (Å²) in [5, 5.41) is 12.7. The van der Waals surface area contributed by atoms with Crippen molar-refractivity contribution in [3.8, 4) is 0 Å². The van der Waals surface area contributed by atoms with Gasteiger partial charge in [0.1, 0.15) is 0 Å². The highest BCUT2D eigenvalue weighted by molar-refractivity contribution is 7.92. The summed E-state index contributed by atoms with van der Waals surface area (Å²) in [4.78, 5) is 13.1. The second kappa shape index (κ2) is 9.79. The Balaban J connectivity index is 1.69. The van der Waals surface area contributed by atoms with Gasteiger partial charge in [0.05, 0.1) is 20.8 Å². The van der Waals surface area contributed by atoms with E-state index in [1.54, 1.807) is 6.92 Å². The summed E-state index contributed by atoms with van der Waals surface area (Å²) in [6.45, 7) is 3.78. The van der Waals surface area contributed by atoms with E-state index in [2.05, 4.69) is 5.32 Å². The van der Waals surface area contributed by atoms with Crippen molar-refractivity contribution < 1.29 is 27.1 Å². The topological polar surface area (TPSA) is 83.5 Å². The molecule has 0 aromatic heterocycles. The van der Waals surface area contributed by atoms with E-state index in [1.807, 2.05) is 6.92 Å². The molecule has 5 nitrogen and oxygen atoms in total. The highest BCUT2D eigenvalue weighted by Gasteiger charge is 2.53. The van der Waals surface area contributed by atoms with Crippen molar-refractivity contribution in [1.82, 2.24) is 0 Å². The number of halogens is 3. The van der Waals surface area contributed by atoms with Crippen molar-refractivity contribution in [2.24, 2.45) is 11.8 Å². The molecule has 0 saturated heterocycles. The molecule has 2 aliphatic rings. The van der Waals surface area contributed by atoms with Crippen LogP contribution >= 0.6 is 11.6 Å². The lowest BCUT2D eigenvalue weighted by molar-refractivity contribution is -0.0413. The zero-order chi connectivity index (χ0) is 25.5. The number of hydrogen-bond acceptors (Lipinski definition) is 4. The van der Waals surface area contributed by atoms with Crippen LogP contribution in [0.4, 0.5) is 14.5 Å². The smallest absolute Gasteiger partial charge is 0.255 e. The van der Waals surface area contributed by atoms with Gasteiger partial charge in [0.2, 0.25) is 0 Å². The Labute approximate surface area is 209 Å². The van der Waals surface area contributed by atoms with E-state index in [9.17, 15) is 27.1 Å². The SMILES string of the molecule is CCCCc1cc(Cl)c(S(=O)(=O)[C@H]2CC3CC[C@H](C2)[C@]3(C)O)cc1C(=O)Nc1ccc(F)c(F)c1. The van der Waals surface area contributed by atoms with Gasteiger partial charge in [-0.25, -0.2) is 17.2 Å². The summed E-state index contributed by atoms with van der Waals surface area (Å²) in [5.74, 6) is -2.95. The van der Waals surface area contributed by atoms with Gasteiger partial charge < -0.3 is 10.4 Å². The molecular formula is C26H30ClF2NO4S. The van der Waals surface area contributed by atoms with Gasteiger partial charge in [-0.15, -0.1) is 0 Å². The molecule has 35 heavy (non-hydrogen) atoms. The van der Waals surface area contributed by atoms with Crippen molar-refractivity contribution in [2.45, 2.75) is 74.5 Å². The molecule has 190 valence electrons. The number of sulfone groups is 1. The maximum Gasteiger partial charge on any atom is 0.255 e. The minimum absolute atomic E-state index is 0.0563. The molecule has 1 amide bonds. The summed E-state index contributed by atoms with van der Waals surface area (Å²) < 4.78 is 54.3. The third-order valence-corrected chi connectivity index (χ3v) is 10.4. The average Bonchev–Trinajstić information content (AvgIpc) is 2.95. The molecule has 0 radical (unpaired) electrons. The maximum atomic E-state index is 13.7. The van der Waals surface area contributed by atoms with E-state index in [0.29, 0.717) is 24.8 Å². The van der Waals surface area contributed by atoms with Gasteiger partial charge in [-0.1, -0.05) is 24.9 Å². The second-order valence-corrected chi connectivity index (χ2v) is 12.6. The average molecular weight is 526 g/mol. The maximum absolute atomic E-state index is 13.7. The fourth-order valence-electron chi connectivity index (χ4n) is 5.57. The van der Waals surface area contributed by atoms with E-state index in [4.69, 9.17) is 11.6 Å². The van der Waals surface area contributed by atoms with Gasteiger partial charge in [0.15, 0.2) is 21.5 Å². The summed E-state index contributed by atoms with van der Waals surface area (Å²) in [6.07, 6.45) is 4.38. The number of aliphatic hydroxyl groups is 1. The largest absolute Gasteiger partial charge is 0.390 e. The number of benzene rings is 2. The first-order chi connectivity index (χ1) is 16.4. The Morgan fingerprint density at radius 3 is 2.40 bits per heavy atom. The predicted molar refractivity (Wildman–Crippen MR) is 131 cm³/mol. The van der Waals surface area contributed by atoms with Crippen LogP contribution in [0.2, 0.25) is 5.02 Å². The number of rotatable bonds is 7. The van der Waals surface area contributed by atoms with Crippen LogP contribution in [-0.4, -0.2) is 30.3 Å². The fraction of sp³-hybridized carbons (Fsp3) is 0.500. The fourth-order valence-corrected chi connectivity index (χ4v) is 8.02. The van der Waals surface area contributed by atoms with Crippen LogP contribution in [0.15, 0.2) is 35.2 Å². The van der Waals surface area contributed by atoms with Crippen LogP contribution in [0.5, 0.6) is 0 Å². The number of hydrogen-bond donors (Lipinski definition) is 2. The Morgan fingerprint density at radius 1 is 1.14 bits per heavy atom. The van der Waals surface area contributed by atoms with Gasteiger partial charge in [0, 0.05) is 17.3 Å². The molecule has 2 aromatic rings. The van der Waals surface area contributed by atoms with Gasteiger partial charge in [0.25, 0.3) is 5.91 Å². The number of fused-ring (bicyclic) bond motifs is 2. The van der Waals surface area contributed by atoms with Crippen LogP contribution < -0.4 is 5.32 Å². The minimum atomic E-state index is -3.88. The van der Waals surface area contributed by atoms with Gasteiger partial charge >= 0.3 is 0 Å². The van der Waals surface area contributed by atoms with E-state index >= 15 is 0 Å². The number of aryl methyl sites for hydroxylation is 1. The van der Waals surface area contributed by atoms with Gasteiger partial charge in [-0.05, 0) is 87.1 Å². The van der Waals surface area contributed by atoms with E-state index < -0.39 is 38.2 Å². The Bertz CT molecular complexity index is 1230. The summed E-state index contributed by atoms with van der Waals surface area (Å²) >= 11 is 6.48. The molecule has 2 N–H and O–H groups in total. The highest BCUT2D eigenvalue weighted by atomic mass is 35.5. The van der Waals surface area contributed by atoms with Crippen molar-refractivity contribution in [3.63, 3.8) is 0 Å². The van der Waals surface area contributed by atoms with E-state index in [1.165, 1.54) is 18.2 Å². The molecule has 2 aliphatic carbocycles. The lowest BCUT2D eigenvalue weighted by Crippen LogP contribution is -2.45. The Hall–Kier alpha value is -2.03. The number of nitrogens with one attached hydrogen (secondary N) is 1. The predicted octanol–water partition coefficient (Wildman–Crippen LogP) is 5.93.